The van der Waals surface area contributed by atoms with Crippen LogP contribution in [0.15, 0.2) is 12.3 Å². The lowest BCUT2D eigenvalue weighted by molar-refractivity contribution is -0.139. The van der Waals surface area contributed by atoms with Crippen molar-refractivity contribution in [2.24, 2.45) is 5.41 Å². The zero-order valence-electron chi connectivity index (χ0n) is 14.8. The number of carbonyl (C=O) groups is 1. The number of aromatic nitrogens is 1. The first-order valence-corrected chi connectivity index (χ1v) is 9.54. The van der Waals surface area contributed by atoms with Gasteiger partial charge in [0.05, 0.1) is 17.7 Å². The number of carbonyl (C=O) groups excluding carboxylic acids is 1. The van der Waals surface area contributed by atoms with Crippen molar-refractivity contribution in [3.8, 4) is 0 Å². The Balaban J connectivity index is 1.50. The molecular formula is C19H25F2N3O2. The Morgan fingerprint density at radius 3 is 2.65 bits per heavy atom. The van der Waals surface area contributed by atoms with Crippen LogP contribution in [-0.2, 0) is 4.79 Å². The van der Waals surface area contributed by atoms with Gasteiger partial charge in [-0.3, -0.25) is 4.79 Å². The second-order valence-corrected chi connectivity index (χ2v) is 7.98. The number of piperidine rings is 1. The van der Waals surface area contributed by atoms with Crippen molar-refractivity contribution in [3.63, 3.8) is 0 Å². The maximum Gasteiger partial charge on any atom is 0.230 e. The molecule has 5 nitrogen and oxygen atoms in total. The van der Waals surface area contributed by atoms with Crippen molar-refractivity contribution in [2.75, 3.05) is 24.5 Å². The Morgan fingerprint density at radius 1 is 1.15 bits per heavy atom. The molecule has 1 N–H and O–H groups in total. The molecule has 3 aliphatic rings. The topological polar surface area (TPSA) is 56.7 Å². The zero-order valence-corrected chi connectivity index (χ0v) is 14.8. The van der Waals surface area contributed by atoms with Crippen LogP contribution in [0.2, 0.25) is 0 Å². The Labute approximate surface area is 152 Å². The summed E-state index contributed by atoms with van der Waals surface area (Å²) in [6, 6.07) is 1.06. The predicted molar refractivity (Wildman–Crippen MR) is 92.6 cm³/mol. The largest absolute Gasteiger partial charge is 0.393 e. The molecule has 1 aromatic rings. The molecule has 0 bridgehead atoms. The number of hydrogen-bond donors (Lipinski definition) is 1. The average Bonchev–Trinajstić information content (AvgIpc) is 2.92. The lowest BCUT2D eigenvalue weighted by atomic mass is 9.78. The van der Waals surface area contributed by atoms with Crippen molar-refractivity contribution in [1.29, 1.82) is 0 Å². The van der Waals surface area contributed by atoms with E-state index in [9.17, 15) is 18.7 Å². The summed E-state index contributed by atoms with van der Waals surface area (Å²) < 4.78 is 27.3. The molecule has 26 heavy (non-hydrogen) atoms. The molecule has 0 radical (unpaired) electrons. The number of likely N-dealkylation sites (tertiary alicyclic amines) is 1. The summed E-state index contributed by atoms with van der Waals surface area (Å²) in [5.41, 5.74) is -0.489. The van der Waals surface area contributed by atoms with Gasteiger partial charge in [0, 0.05) is 31.7 Å². The fraction of sp³-hybridized carbons (Fsp3) is 0.684. The monoisotopic (exact) mass is 365 g/mol. The second-order valence-electron chi connectivity index (χ2n) is 7.98. The third-order valence-corrected chi connectivity index (χ3v) is 6.32. The molecule has 7 heteroatoms. The van der Waals surface area contributed by atoms with E-state index in [-0.39, 0.29) is 23.9 Å². The average molecular weight is 365 g/mol. The summed E-state index contributed by atoms with van der Waals surface area (Å²) in [6.45, 7) is 1.79. The van der Waals surface area contributed by atoms with Crippen LogP contribution in [-0.4, -0.2) is 52.7 Å². The first kappa shape index (κ1) is 17.6. The predicted octanol–water partition coefficient (Wildman–Crippen LogP) is 2.48. The SMILES string of the molecule is O=C1N([C@H]2CC[C@H](O)CC2)CCC12CCCN(c1ncc(F)cc1F)C2. The molecule has 0 aromatic carbocycles. The highest BCUT2D eigenvalue weighted by Crippen LogP contribution is 2.43. The van der Waals surface area contributed by atoms with Gasteiger partial charge in [0.15, 0.2) is 11.6 Å². The van der Waals surface area contributed by atoms with Gasteiger partial charge in [-0.2, -0.15) is 0 Å². The van der Waals surface area contributed by atoms with Crippen LogP contribution < -0.4 is 4.90 Å². The molecule has 3 heterocycles. The van der Waals surface area contributed by atoms with Crippen molar-refractivity contribution < 1.29 is 18.7 Å². The van der Waals surface area contributed by atoms with Gasteiger partial charge in [0.25, 0.3) is 0 Å². The lowest BCUT2D eigenvalue weighted by Gasteiger charge is -2.41. The van der Waals surface area contributed by atoms with Crippen molar-refractivity contribution in [3.05, 3.63) is 23.9 Å². The van der Waals surface area contributed by atoms with E-state index >= 15 is 0 Å². The third-order valence-electron chi connectivity index (χ3n) is 6.32. The van der Waals surface area contributed by atoms with E-state index in [0.29, 0.717) is 13.1 Å². The molecule has 4 rings (SSSR count). The van der Waals surface area contributed by atoms with Gasteiger partial charge in [-0.1, -0.05) is 0 Å². The van der Waals surface area contributed by atoms with Crippen molar-refractivity contribution in [1.82, 2.24) is 9.88 Å². The van der Waals surface area contributed by atoms with Gasteiger partial charge in [0.1, 0.15) is 5.82 Å². The molecule has 1 atom stereocenters. The van der Waals surface area contributed by atoms with Gasteiger partial charge in [-0.25, -0.2) is 13.8 Å². The molecule has 2 aliphatic heterocycles. The normalized spacial score (nSPS) is 32.5. The van der Waals surface area contributed by atoms with Gasteiger partial charge in [-0.15, -0.1) is 0 Å². The Kier molecular flexibility index (Phi) is 4.59. The van der Waals surface area contributed by atoms with E-state index in [0.717, 1.165) is 63.8 Å². The number of aliphatic hydroxyl groups is 1. The summed E-state index contributed by atoms with van der Waals surface area (Å²) >= 11 is 0. The number of amides is 1. The molecule has 1 amide bonds. The van der Waals surface area contributed by atoms with Crippen LogP contribution in [0.5, 0.6) is 0 Å². The summed E-state index contributed by atoms with van der Waals surface area (Å²) in [4.78, 5) is 20.9. The van der Waals surface area contributed by atoms with E-state index in [1.165, 1.54) is 0 Å². The fourth-order valence-electron chi connectivity index (χ4n) is 4.90. The first-order valence-electron chi connectivity index (χ1n) is 9.54. The number of aliphatic hydroxyl groups excluding tert-OH is 1. The Bertz CT molecular complexity index is 693. The first-order chi connectivity index (χ1) is 12.5. The lowest BCUT2D eigenvalue weighted by Crippen LogP contribution is -2.50. The van der Waals surface area contributed by atoms with E-state index in [1.807, 2.05) is 4.90 Å². The van der Waals surface area contributed by atoms with E-state index in [1.54, 1.807) is 4.90 Å². The summed E-state index contributed by atoms with van der Waals surface area (Å²) in [7, 11) is 0. The van der Waals surface area contributed by atoms with Crippen LogP contribution in [0.1, 0.15) is 44.9 Å². The van der Waals surface area contributed by atoms with Crippen molar-refractivity contribution in [2.45, 2.75) is 57.1 Å². The minimum atomic E-state index is -0.694. The molecule has 1 saturated carbocycles. The van der Waals surface area contributed by atoms with Gasteiger partial charge >= 0.3 is 0 Å². The van der Waals surface area contributed by atoms with Crippen LogP contribution in [0.25, 0.3) is 0 Å². The highest BCUT2D eigenvalue weighted by molar-refractivity contribution is 5.86. The maximum absolute atomic E-state index is 14.1. The molecular weight excluding hydrogens is 340 g/mol. The highest BCUT2D eigenvalue weighted by Gasteiger charge is 2.51. The van der Waals surface area contributed by atoms with Gasteiger partial charge in [0.2, 0.25) is 5.91 Å². The fourth-order valence-corrected chi connectivity index (χ4v) is 4.90. The van der Waals surface area contributed by atoms with Crippen molar-refractivity contribution >= 4 is 11.7 Å². The smallest absolute Gasteiger partial charge is 0.230 e. The number of hydrogen-bond acceptors (Lipinski definition) is 4. The summed E-state index contributed by atoms with van der Waals surface area (Å²) in [6.07, 6.45) is 6.34. The third kappa shape index (κ3) is 3.06. The molecule has 1 aromatic heterocycles. The second kappa shape index (κ2) is 6.76. The molecule has 1 unspecified atom stereocenters. The molecule has 3 fully saturated rings. The molecule has 1 aliphatic carbocycles. The quantitative estimate of drug-likeness (QED) is 0.875. The maximum atomic E-state index is 14.1. The minimum Gasteiger partial charge on any atom is -0.393 e. The number of halogens is 2. The van der Waals surface area contributed by atoms with Crippen LogP contribution in [0, 0.1) is 17.0 Å². The van der Waals surface area contributed by atoms with Crippen LogP contribution in [0.3, 0.4) is 0 Å². The number of pyridine rings is 1. The summed E-state index contributed by atoms with van der Waals surface area (Å²) in [5, 5.41) is 9.70. The number of anilines is 1. The molecule has 1 spiro atoms. The molecule has 142 valence electrons. The minimum absolute atomic E-state index is 0.137. The Hall–Kier alpha value is -1.76. The summed E-state index contributed by atoms with van der Waals surface area (Å²) in [5.74, 6) is -1.07. The zero-order chi connectivity index (χ0) is 18.3. The number of rotatable bonds is 2. The van der Waals surface area contributed by atoms with Crippen LogP contribution in [0.4, 0.5) is 14.6 Å². The molecule has 2 saturated heterocycles. The van der Waals surface area contributed by atoms with Gasteiger partial charge in [-0.05, 0) is 44.9 Å². The van der Waals surface area contributed by atoms with E-state index in [4.69, 9.17) is 0 Å². The van der Waals surface area contributed by atoms with Crippen LogP contribution >= 0.6 is 0 Å². The number of nitrogens with zero attached hydrogens (tertiary/aromatic N) is 3. The Morgan fingerprint density at radius 2 is 1.92 bits per heavy atom. The standard InChI is InChI=1S/C19H25F2N3O2/c20-13-10-16(21)17(22-11-13)23-8-1-6-19(12-23)7-9-24(18(19)26)14-2-4-15(25)5-3-14/h10-11,14-15,25H,1-9,12H2/t14-,15-,19?. The van der Waals surface area contributed by atoms with E-state index < -0.39 is 17.0 Å². The van der Waals surface area contributed by atoms with E-state index in [2.05, 4.69) is 4.98 Å². The van der Waals surface area contributed by atoms with Gasteiger partial charge < -0.3 is 14.9 Å². The highest BCUT2D eigenvalue weighted by atomic mass is 19.1.